The molecule has 0 radical (unpaired) electrons. The lowest BCUT2D eigenvalue weighted by Gasteiger charge is -2.30. The van der Waals surface area contributed by atoms with E-state index in [0.717, 1.165) is 28.8 Å². The average molecular weight is 364 g/mol. The molecule has 3 aromatic rings. The molecule has 132 valence electrons. The van der Waals surface area contributed by atoms with Gasteiger partial charge in [0.25, 0.3) is 0 Å². The van der Waals surface area contributed by atoms with E-state index in [1.54, 1.807) is 22.5 Å². The highest BCUT2D eigenvalue weighted by atomic mass is 32.2. The minimum Gasteiger partial charge on any atom is -0.379 e. The predicted octanol–water partition coefficient (Wildman–Crippen LogP) is 3.43. The van der Waals surface area contributed by atoms with Crippen molar-refractivity contribution in [2.24, 2.45) is 10.7 Å². The molecule has 5 nitrogen and oxygen atoms in total. The quantitative estimate of drug-likeness (QED) is 0.720. The van der Waals surface area contributed by atoms with E-state index in [1.165, 1.54) is 0 Å². The van der Waals surface area contributed by atoms with Gasteiger partial charge in [-0.1, -0.05) is 42.1 Å². The summed E-state index contributed by atoms with van der Waals surface area (Å²) < 4.78 is 1.72. The molecule has 0 spiro atoms. The highest BCUT2D eigenvalue weighted by molar-refractivity contribution is 8.13. The first-order valence-corrected chi connectivity index (χ1v) is 9.57. The van der Waals surface area contributed by atoms with Crippen LogP contribution in [0.15, 0.2) is 59.9 Å². The van der Waals surface area contributed by atoms with Crippen LogP contribution in [0.25, 0.3) is 5.52 Å². The van der Waals surface area contributed by atoms with Gasteiger partial charge in [0, 0.05) is 18.4 Å². The number of aromatic nitrogens is 2. The number of hydrogen-bond acceptors (Lipinski definition) is 5. The normalized spacial score (nSPS) is 20.1. The number of nitrogens with zero attached hydrogens (tertiary/aromatic N) is 3. The van der Waals surface area contributed by atoms with Crippen LogP contribution in [0.4, 0.5) is 0 Å². The first-order chi connectivity index (χ1) is 12.5. The first-order valence-electron chi connectivity index (χ1n) is 8.58. The molecule has 1 aliphatic heterocycles. The molecular weight excluding hydrogens is 344 g/mol. The summed E-state index contributed by atoms with van der Waals surface area (Å²) >= 11 is 1.59. The molecule has 1 aliphatic rings. The average Bonchev–Trinajstić information content (AvgIpc) is 3.06. The Balaban J connectivity index is 1.61. The predicted molar refractivity (Wildman–Crippen MR) is 106 cm³/mol. The summed E-state index contributed by atoms with van der Waals surface area (Å²) in [5.41, 5.74) is 9.18. The van der Waals surface area contributed by atoms with Gasteiger partial charge in [-0.3, -0.25) is 9.79 Å². The maximum Gasteiger partial charge on any atom is 0.171 e. The number of pyridine rings is 1. The van der Waals surface area contributed by atoms with Crippen LogP contribution < -0.4 is 5.73 Å². The van der Waals surface area contributed by atoms with Crippen molar-refractivity contribution in [2.45, 2.75) is 25.3 Å². The van der Waals surface area contributed by atoms with Crippen LogP contribution in [0.5, 0.6) is 0 Å². The topological polar surface area (TPSA) is 72.8 Å². The monoisotopic (exact) mass is 364 g/mol. The number of nitrogens with two attached hydrogens (primary N) is 1. The molecule has 0 saturated carbocycles. The number of thioether (sulfide) groups is 1. The number of rotatable bonds is 4. The molecule has 0 aliphatic carbocycles. The Morgan fingerprint density at radius 3 is 3.04 bits per heavy atom. The number of hydrogen-bond donors (Lipinski definition) is 1. The van der Waals surface area contributed by atoms with E-state index < -0.39 is 0 Å². The summed E-state index contributed by atoms with van der Waals surface area (Å²) in [6.07, 6.45) is 4.77. The second-order valence-electron chi connectivity index (χ2n) is 6.71. The minimum atomic E-state index is -0.321. The molecule has 3 heterocycles. The van der Waals surface area contributed by atoms with Crippen LogP contribution in [0.3, 0.4) is 0 Å². The third kappa shape index (κ3) is 3.12. The van der Waals surface area contributed by atoms with Crippen molar-refractivity contribution in [1.29, 1.82) is 0 Å². The highest BCUT2D eigenvalue weighted by Crippen LogP contribution is 2.35. The zero-order valence-electron chi connectivity index (χ0n) is 14.6. The summed E-state index contributed by atoms with van der Waals surface area (Å²) in [5, 5.41) is 4.88. The number of carbonyl (C=O) groups is 1. The molecule has 0 bridgehead atoms. The van der Waals surface area contributed by atoms with Gasteiger partial charge < -0.3 is 5.73 Å². The molecule has 26 heavy (non-hydrogen) atoms. The summed E-state index contributed by atoms with van der Waals surface area (Å²) in [6.45, 7) is 2.10. The summed E-state index contributed by atoms with van der Waals surface area (Å²) in [5.74, 6) is 1.02. The van der Waals surface area contributed by atoms with Gasteiger partial charge in [-0.25, -0.2) is 4.52 Å². The summed E-state index contributed by atoms with van der Waals surface area (Å²) in [6, 6.07) is 13.8. The van der Waals surface area contributed by atoms with Crippen molar-refractivity contribution < 1.29 is 4.79 Å². The zero-order chi connectivity index (χ0) is 18.1. The van der Waals surface area contributed by atoms with E-state index in [2.05, 4.69) is 29.1 Å². The Hall–Kier alpha value is -2.60. The third-order valence-electron chi connectivity index (χ3n) is 4.84. The number of carbonyl (C=O) groups excluding carboxylic acids is 1. The Labute approximate surface area is 156 Å². The molecule has 0 fully saturated rings. The Morgan fingerprint density at radius 2 is 2.19 bits per heavy atom. The van der Waals surface area contributed by atoms with Crippen molar-refractivity contribution in [3.63, 3.8) is 0 Å². The fourth-order valence-corrected chi connectivity index (χ4v) is 4.32. The molecule has 4 rings (SSSR count). The van der Waals surface area contributed by atoms with E-state index in [1.807, 2.05) is 36.5 Å². The number of benzene rings is 1. The molecule has 2 aromatic heterocycles. The Morgan fingerprint density at radius 1 is 1.31 bits per heavy atom. The number of amidine groups is 1. The van der Waals surface area contributed by atoms with Crippen molar-refractivity contribution in [1.82, 2.24) is 9.61 Å². The van der Waals surface area contributed by atoms with Gasteiger partial charge in [0.05, 0.1) is 22.8 Å². The van der Waals surface area contributed by atoms with Crippen molar-refractivity contribution >= 4 is 28.2 Å². The molecular formula is C20H20N4OS. The molecule has 2 N–H and O–H groups in total. The molecule has 6 heteroatoms. The van der Waals surface area contributed by atoms with Crippen LogP contribution >= 0.6 is 11.8 Å². The van der Waals surface area contributed by atoms with Gasteiger partial charge >= 0.3 is 0 Å². The van der Waals surface area contributed by atoms with Gasteiger partial charge in [-0.2, -0.15) is 5.10 Å². The third-order valence-corrected chi connectivity index (χ3v) is 5.63. The maximum absolute atomic E-state index is 12.8. The van der Waals surface area contributed by atoms with Crippen molar-refractivity contribution in [2.75, 3.05) is 5.75 Å². The Bertz CT molecular complexity index is 1010. The summed E-state index contributed by atoms with van der Waals surface area (Å²) in [7, 11) is 0. The lowest BCUT2D eigenvalue weighted by atomic mass is 9.88. The van der Waals surface area contributed by atoms with Crippen LogP contribution in [0.2, 0.25) is 0 Å². The van der Waals surface area contributed by atoms with E-state index in [0.29, 0.717) is 17.2 Å². The van der Waals surface area contributed by atoms with E-state index in [9.17, 15) is 4.79 Å². The van der Waals surface area contributed by atoms with Crippen LogP contribution in [0, 0.1) is 0 Å². The molecule has 0 saturated heterocycles. The standard InChI is InChI=1S/C20H20N4OS/c1-20(8-10-26-19(21)23-20)15-6-4-5-14(11-15)12-18(25)16-13-22-24-9-3-2-7-17(16)24/h2-7,9,11,13H,8,10,12H2,1H3,(H2,21,23)/t20-/m0/s1. The second kappa shape index (κ2) is 6.61. The Kier molecular flexibility index (Phi) is 4.28. The summed E-state index contributed by atoms with van der Waals surface area (Å²) in [4.78, 5) is 17.5. The molecule has 1 atom stereocenters. The van der Waals surface area contributed by atoms with Crippen molar-refractivity contribution in [3.05, 3.63) is 71.5 Å². The van der Waals surface area contributed by atoms with E-state index in [-0.39, 0.29) is 11.3 Å². The fourth-order valence-electron chi connectivity index (χ4n) is 3.34. The van der Waals surface area contributed by atoms with Gasteiger partial charge in [-0.15, -0.1) is 0 Å². The number of Topliss-reactive ketones (excluding diaryl/α,β-unsaturated/α-hetero) is 1. The first kappa shape index (κ1) is 16.8. The van der Waals surface area contributed by atoms with Gasteiger partial charge in [-0.05, 0) is 36.6 Å². The minimum absolute atomic E-state index is 0.0655. The van der Waals surface area contributed by atoms with Gasteiger partial charge in [0.2, 0.25) is 0 Å². The number of aliphatic imine (C=N–C) groups is 1. The number of ketones is 1. The van der Waals surface area contributed by atoms with E-state index in [4.69, 9.17) is 5.73 Å². The van der Waals surface area contributed by atoms with Gasteiger partial charge in [0.15, 0.2) is 11.0 Å². The van der Waals surface area contributed by atoms with Crippen LogP contribution in [0.1, 0.15) is 34.8 Å². The molecule has 0 unspecified atom stereocenters. The zero-order valence-corrected chi connectivity index (χ0v) is 15.4. The fraction of sp³-hybridized carbons (Fsp3) is 0.250. The maximum atomic E-state index is 12.8. The number of fused-ring (bicyclic) bond motifs is 1. The van der Waals surface area contributed by atoms with Crippen molar-refractivity contribution in [3.8, 4) is 0 Å². The molecule has 0 amide bonds. The van der Waals surface area contributed by atoms with Crippen LogP contribution in [-0.2, 0) is 12.0 Å². The smallest absolute Gasteiger partial charge is 0.171 e. The lowest BCUT2D eigenvalue weighted by Crippen LogP contribution is -2.28. The van der Waals surface area contributed by atoms with Crippen LogP contribution in [-0.4, -0.2) is 26.3 Å². The van der Waals surface area contributed by atoms with E-state index >= 15 is 0 Å². The largest absolute Gasteiger partial charge is 0.379 e. The SMILES string of the molecule is C[C@@]1(c2cccc(CC(=O)c3cnn4ccccc34)c2)CCSC(N)=N1. The highest BCUT2D eigenvalue weighted by Gasteiger charge is 2.29. The second-order valence-corrected chi connectivity index (χ2v) is 7.83. The van der Waals surface area contributed by atoms with Gasteiger partial charge in [0.1, 0.15) is 0 Å². The molecule has 1 aromatic carbocycles. The lowest BCUT2D eigenvalue weighted by molar-refractivity contribution is 0.0994.